The Morgan fingerprint density at radius 3 is 2.78 bits per heavy atom. The molecule has 6 heteroatoms. The molecule has 1 fully saturated rings. The average Bonchev–Trinajstić information content (AvgIpc) is 3.22. The van der Waals surface area contributed by atoms with Crippen molar-refractivity contribution in [2.75, 3.05) is 24.6 Å². The maximum atomic E-state index is 9.14. The van der Waals surface area contributed by atoms with Crippen molar-refractivity contribution in [2.45, 2.75) is 25.3 Å². The number of aliphatic hydroxyl groups is 1. The Hall–Kier alpha value is -1.92. The van der Waals surface area contributed by atoms with E-state index in [-0.39, 0.29) is 6.61 Å². The second-order valence-corrected chi connectivity index (χ2v) is 6.94. The third kappa shape index (κ3) is 2.84. The largest absolute Gasteiger partial charge is 0.394 e. The van der Waals surface area contributed by atoms with E-state index in [2.05, 4.69) is 34.3 Å². The molecule has 0 radical (unpaired) electrons. The van der Waals surface area contributed by atoms with E-state index in [9.17, 15) is 0 Å². The molecule has 0 bridgehead atoms. The fraction of sp³-hybridized carbons (Fsp3) is 0.412. The van der Waals surface area contributed by atoms with Gasteiger partial charge in [-0.2, -0.15) is 5.10 Å². The minimum absolute atomic E-state index is 0.138. The predicted molar refractivity (Wildman–Crippen MR) is 93.1 cm³/mol. The Kier molecular flexibility index (Phi) is 4.01. The van der Waals surface area contributed by atoms with E-state index in [0.717, 1.165) is 36.6 Å². The fourth-order valence-electron chi connectivity index (χ4n) is 3.33. The molecule has 1 saturated heterocycles. The first-order chi connectivity index (χ1) is 11.3. The molecule has 0 spiro atoms. The first kappa shape index (κ1) is 14.7. The van der Waals surface area contributed by atoms with E-state index in [4.69, 9.17) is 10.1 Å². The van der Waals surface area contributed by atoms with Crippen LogP contribution in [0.3, 0.4) is 0 Å². The highest BCUT2D eigenvalue weighted by molar-refractivity contribution is 7.22. The number of piperidine rings is 1. The van der Waals surface area contributed by atoms with E-state index >= 15 is 0 Å². The highest BCUT2D eigenvalue weighted by atomic mass is 32.1. The quantitative estimate of drug-likeness (QED) is 0.800. The van der Waals surface area contributed by atoms with E-state index in [1.807, 2.05) is 16.9 Å². The molecule has 23 heavy (non-hydrogen) atoms. The van der Waals surface area contributed by atoms with Crippen molar-refractivity contribution in [3.63, 3.8) is 0 Å². The normalized spacial score (nSPS) is 16.3. The van der Waals surface area contributed by atoms with Crippen molar-refractivity contribution >= 4 is 26.7 Å². The predicted octanol–water partition coefficient (Wildman–Crippen LogP) is 2.87. The van der Waals surface area contributed by atoms with Crippen LogP contribution in [0.15, 0.2) is 36.5 Å². The number of anilines is 1. The minimum Gasteiger partial charge on any atom is -0.394 e. The van der Waals surface area contributed by atoms with Gasteiger partial charge in [0.25, 0.3) is 0 Å². The number of para-hydroxylation sites is 1. The van der Waals surface area contributed by atoms with Gasteiger partial charge in [-0.25, -0.2) is 4.98 Å². The van der Waals surface area contributed by atoms with Crippen LogP contribution in [0.5, 0.6) is 0 Å². The molecule has 2 aromatic heterocycles. The number of rotatable bonds is 4. The summed E-state index contributed by atoms with van der Waals surface area (Å²) in [6.07, 6.45) is 4.05. The summed E-state index contributed by atoms with van der Waals surface area (Å²) in [6, 6.07) is 10.4. The van der Waals surface area contributed by atoms with Crippen molar-refractivity contribution in [1.82, 2.24) is 14.8 Å². The van der Waals surface area contributed by atoms with Crippen LogP contribution in [0.2, 0.25) is 0 Å². The molecule has 1 aliphatic heterocycles. The number of aliphatic hydroxyl groups excluding tert-OH is 1. The van der Waals surface area contributed by atoms with Crippen molar-refractivity contribution < 1.29 is 5.11 Å². The fourth-order valence-corrected chi connectivity index (χ4v) is 4.35. The monoisotopic (exact) mass is 328 g/mol. The van der Waals surface area contributed by atoms with Crippen molar-refractivity contribution in [3.05, 3.63) is 42.2 Å². The lowest BCUT2D eigenvalue weighted by molar-refractivity contribution is 0.265. The van der Waals surface area contributed by atoms with Crippen LogP contribution >= 0.6 is 11.3 Å². The van der Waals surface area contributed by atoms with Gasteiger partial charge in [0, 0.05) is 30.9 Å². The summed E-state index contributed by atoms with van der Waals surface area (Å²) in [4.78, 5) is 7.16. The summed E-state index contributed by atoms with van der Waals surface area (Å²) in [5, 5.41) is 14.6. The lowest BCUT2D eigenvalue weighted by atomic mass is 9.93. The van der Waals surface area contributed by atoms with Crippen LogP contribution < -0.4 is 4.90 Å². The van der Waals surface area contributed by atoms with E-state index < -0.39 is 0 Å². The van der Waals surface area contributed by atoms with Gasteiger partial charge in [0.15, 0.2) is 5.13 Å². The van der Waals surface area contributed by atoms with E-state index in [0.29, 0.717) is 12.5 Å². The minimum atomic E-state index is 0.138. The average molecular weight is 328 g/mol. The molecule has 1 aliphatic rings. The highest BCUT2D eigenvalue weighted by Gasteiger charge is 2.24. The van der Waals surface area contributed by atoms with Crippen LogP contribution in [-0.4, -0.2) is 39.6 Å². The Labute approximate surface area is 139 Å². The van der Waals surface area contributed by atoms with E-state index in [1.54, 1.807) is 11.3 Å². The summed E-state index contributed by atoms with van der Waals surface area (Å²) in [6.45, 7) is 2.77. The maximum Gasteiger partial charge on any atom is 0.186 e. The molecular formula is C17H20N4OS. The smallest absolute Gasteiger partial charge is 0.186 e. The molecule has 0 amide bonds. The van der Waals surface area contributed by atoms with Gasteiger partial charge in [-0.05, 0) is 31.0 Å². The SMILES string of the molecule is OCCn1nccc1C1CCN(c2nc3ccccc3s2)CC1. The molecule has 120 valence electrons. The zero-order valence-electron chi connectivity index (χ0n) is 12.9. The van der Waals surface area contributed by atoms with Crippen LogP contribution in [0.4, 0.5) is 5.13 Å². The second kappa shape index (κ2) is 6.29. The first-order valence-corrected chi connectivity index (χ1v) is 8.90. The number of hydrogen-bond acceptors (Lipinski definition) is 5. The molecule has 4 rings (SSSR count). The van der Waals surface area contributed by atoms with Crippen LogP contribution in [-0.2, 0) is 6.54 Å². The molecular weight excluding hydrogens is 308 g/mol. The van der Waals surface area contributed by atoms with Gasteiger partial charge < -0.3 is 10.0 Å². The van der Waals surface area contributed by atoms with Crippen molar-refractivity contribution in [3.8, 4) is 0 Å². The lowest BCUT2D eigenvalue weighted by Gasteiger charge is -2.32. The lowest BCUT2D eigenvalue weighted by Crippen LogP contribution is -2.33. The Morgan fingerprint density at radius 1 is 1.17 bits per heavy atom. The summed E-state index contributed by atoms with van der Waals surface area (Å²) >= 11 is 1.78. The molecule has 1 N–H and O–H groups in total. The Bertz CT molecular complexity index is 756. The molecule has 5 nitrogen and oxygen atoms in total. The van der Waals surface area contributed by atoms with Crippen molar-refractivity contribution in [2.24, 2.45) is 0 Å². The molecule has 0 saturated carbocycles. The number of thiazole rings is 1. The Morgan fingerprint density at radius 2 is 2.00 bits per heavy atom. The number of nitrogens with zero attached hydrogens (tertiary/aromatic N) is 4. The van der Waals surface area contributed by atoms with Gasteiger partial charge in [-0.3, -0.25) is 4.68 Å². The first-order valence-electron chi connectivity index (χ1n) is 8.08. The van der Waals surface area contributed by atoms with Gasteiger partial charge >= 0.3 is 0 Å². The summed E-state index contributed by atoms with van der Waals surface area (Å²) in [7, 11) is 0. The number of benzene rings is 1. The second-order valence-electron chi connectivity index (χ2n) is 5.93. The molecule has 0 aliphatic carbocycles. The number of hydrogen-bond donors (Lipinski definition) is 1. The van der Waals surface area contributed by atoms with Crippen LogP contribution in [0, 0.1) is 0 Å². The van der Waals surface area contributed by atoms with Crippen LogP contribution in [0.1, 0.15) is 24.5 Å². The van der Waals surface area contributed by atoms with Gasteiger partial charge in [0.2, 0.25) is 0 Å². The maximum absolute atomic E-state index is 9.14. The molecule has 0 unspecified atom stereocenters. The third-order valence-electron chi connectivity index (χ3n) is 4.53. The topological polar surface area (TPSA) is 54.2 Å². The van der Waals surface area contributed by atoms with Gasteiger partial charge in [0.1, 0.15) is 0 Å². The summed E-state index contributed by atoms with van der Waals surface area (Å²) < 4.78 is 3.20. The summed E-state index contributed by atoms with van der Waals surface area (Å²) in [5.74, 6) is 0.523. The van der Waals surface area contributed by atoms with Gasteiger partial charge in [-0.15, -0.1) is 0 Å². The molecule has 3 aromatic rings. The number of aromatic nitrogens is 3. The highest BCUT2D eigenvalue weighted by Crippen LogP contribution is 2.34. The van der Waals surface area contributed by atoms with Crippen molar-refractivity contribution in [1.29, 1.82) is 0 Å². The molecule has 1 aromatic carbocycles. The summed E-state index contributed by atoms with van der Waals surface area (Å²) in [5.41, 5.74) is 2.35. The van der Waals surface area contributed by atoms with Crippen LogP contribution in [0.25, 0.3) is 10.2 Å². The molecule has 3 heterocycles. The van der Waals surface area contributed by atoms with Gasteiger partial charge in [-0.1, -0.05) is 23.5 Å². The zero-order valence-corrected chi connectivity index (χ0v) is 13.7. The van der Waals surface area contributed by atoms with Gasteiger partial charge in [0.05, 0.1) is 23.4 Å². The third-order valence-corrected chi connectivity index (χ3v) is 5.62. The Balaban J connectivity index is 1.47. The number of fused-ring (bicyclic) bond motifs is 1. The zero-order chi connectivity index (χ0) is 15.6. The molecule has 0 atom stereocenters. The van der Waals surface area contributed by atoms with E-state index in [1.165, 1.54) is 10.4 Å². The standard InChI is InChI=1S/C17H20N4OS/c22-12-11-21-15(5-8-18-21)13-6-9-20(10-7-13)17-19-14-3-1-2-4-16(14)23-17/h1-5,8,13,22H,6-7,9-12H2.